The predicted octanol–water partition coefficient (Wildman–Crippen LogP) is 2.81. The molecule has 4 atom stereocenters. The average Bonchev–Trinajstić information content (AvgIpc) is 2.73. The Bertz CT molecular complexity index is 172. The van der Waals surface area contributed by atoms with Crippen molar-refractivity contribution in [2.75, 3.05) is 13.7 Å². The van der Waals surface area contributed by atoms with E-state index in [2.05, 4.69) is 13.8 Å². The second kappa shape index (κ2) is 6.49. The number of nitrogens with two attached hydrogens (primary N) is 1. The molecule has 0 aromatic heterocycles. The van der Waals surface area contributed by atoms with Crippen LogP contribution in [0.5, 0.6) is 0 Å². The molecule has 2 heteroatoms. The second-order valence-corrected chi connectivity index (χ2v) is 5.18. The SMILES string of the molecule is CCC1CCC(C(N)C(C)CCOC)C1. The summed E-state index contributed by atoms with van der Waals surface area (Å²) < 4.78 is 5.11. The number of rotatable bonds is 6. The lowest BCUT2D eigenvalue weighted by Crippen LogP contribution is -2.35. The average molecular weight is 213 g/mol. The molecular formula is C13H27NO. The highest BCUT2D eigenvalue weighted by Crippen LogP contribution is 2.36. The fourth-order valence-electron chi connectivity index (χ4n) is 2.79. The fraction of sp³-hybridized carbons (Fsp3) is 1.00. The van der Waals surface area contributed by atoms with E-state index in [1.54, 1.807) is 7.11 Å². The van der Waals surface area contributed by atoms with Gasteiger partial charge < -0.3 is 10.5 Å². The van der Waals surface area contributed by atoms with Crippen LogP contribution in [0.15, 0.2) is 0 Å². The molecule has 0 radical (unpaired) electrons. The van der Waals surface area contributed by atoms with Crippen molar-refractivity contribution in [2.24, 2.45) is 23.5 Å². The topological polar surface area (TPSA) is 35.2 Å². The van der Waals surface area contributed by atoms with Crippen molar-refractivity contribution in [2.45, 2.75) is 52.0 Å². The Hall–Kier alpha value is -0.0800. The van der Waals surface area contributed by atoms with Crippen molar-refractivity contribution in [3.05, 3.63) is 0 Å². The molecule has 90 valence electrons. The Morgan fingerprint density at radius 3 is 2.67 bits per heavy atom. The Morgan fingerprint density at radius 1 is 1.40 bits per heavy atom. The molecule has 1 aliphatic rings. The molecule has 1 aliphatic carbocycles. The first-order chi connectivity index (χ1) is 7.19. The largest absolute Gasteiger partial charge is 0.385 e. The maximum Gasteiger partial charge on any atom is 0.0465 e. The molecule has 0 spiro atoms. The molecule has 4 unspecified atom stereocenters. The smallest absolute Gasteiger partial charge is 0.0465 e. The minimum atomic E-state index is 0.386. The van der Waals surface area contributed by atoms with Crippen LogP contribution in [-0.4, -0.2) is 19.8 Å². The van der Waals surface area contributed by atoms with Gasteiger partial charge in [-0.15, -0.1) is 0 Å². The van der Waals surface area contributed by atoms with Gasteiger partial charge in [-0.2, -0.15) is 0 Å². The molecule has 0 bridgehead atoms. The van der Waals surface area contributed by atoms with Gasteiger partial charge in [0.15, 0.2) is 0 Å². The van der Waals surface area contributed by atoms with Crippen LogP contribution in [0, 0.1) is 17.8 Å². The van der Waals surface area contributed by atoms with Crippen molar-refractivity contribution in [1.82, 2.24) is 0 Å². The highest BCUT2D eigenvalue weighted by molar-refractivity contribution is 4.84. The first-order valence-electron chi connectivity index (χ1n) is 6.43. The standard InChI is InChI=1S/C13H27NO/c1-4-11-5-6-12(9-11)13(14)10(2)7-8-15-3/h10-13H,4-9,14H2,1-3H3. The van der Waals surface area contributed by atoms with E-state index in [4.69, 9.17) is 10.5 Å². The van der Waals surface area contributed by atoms with E-state index < -0.39 is 0 Å². The van der Waals surface area contributed by atoms with Gasteiger partial charge in [0.1, 0.15) is 0 Å². The molecule has 0 amide bonds. The van der Waals surface area contributed by atoms with E-state index in [-0.39, 0.29) is 0 Å². The summed E-state index contributed by atoms with van der Waals surface area (Å²) in [5.41, 5.74) is 6.32. The fourth-order valence-corrected chi connectivity index (χ4v) is 2.79. The van der Waals surface area contributed by atoms with Crippen LogP contribution < -0.4 is 5.73 Å². The van der Waals surface area contributed by atoms with Crippen molar-refractivity contribution in [3.63, 3.8) is 0 Å². The third-order valence-corrected chi connectivity index (χ3v) is 4.14. The summed E-state index contributed by atoms with van der Waals surface area (Å²) in [6.07, 6.45) is 6.53. The van der Waals surface area contributed by atoms with E-state index >= 15 is 0 Å². The molecule has 0 aliphatic heterocycles. The molecule has 1 fully saturated rings. The third kappa shape index (κ3) is 3.76. The zero-order valence-electron chi connectivity index (χ0n) is 10.5. The molecular weight excluding hydrogens is 186 g/mol. The minimum absolute atomic E-state index is 0.386. The second-order valence-electron chi connectivity index (χ2n) is 5.18. The maximum absolute atomic E-state index is 6.32. The number of hydrogen-bond donors (Lipinski definition) is 1. The lowest BCUT2D eigenvalue weighted by atomic mass is 9.86. The van der Waals surface area contributed by atoms with Gasteiger partial charge in [0.2, 0.25) is 0 Å². The van der Waals surface area contributed by atoms with Gasteiger partial charge >= 0.3 is 0 Å². The molecule has 2 N–H and O–H groups in total. The van der Waals surface area contributed by atoms with Gasteiger partial charge in [-0.3, -0.25) is 0 Å². The van der Waals surface area contributed by atoms with Crippen molar-refractivity contribution >= 4 is 0 Å². The zero-order valence-corrected chi connectivity index (χ0v) is 10.5. The maximum atomic E-state index is 6.32. The summed E-state index contributed by atoms with van der Waals surface area (Å²) in [7, 11) is 1.76. The normalized spacial score (nSPS) is 30.4. The summed E-state index contributed by atoms with van der Waals surface area (Å²) in [6.45, 7) is 5.41. The summed E-state index contributed by atoms with van der Waals surface area (Å²) in [6, 6.07) is 0.386. The molecule has 0 aromatic rings. The van der Waals surface area contributed by atoms with E-state index in [0.29, 0.717) is 12.0 Å². The van der Waals surface area contributed by atoms with Crippen molar-refractivity contribution in [1.29, 1.82) is 0 Å². The Kier molecular flexibility index (Phi) is 5.62. The van der Waals surface area contributed by atoms with E-state index in [1.165, 1.54) is 25.7 Å². The van der Waals surface area contributed by atoms with Crippen LogP contribution in [0.25, 0.3) is 0 Å². The number of ether oxygens (including phenoxy) is 1. The lowest BCUT2D eigenvalue weighted by Gasteiger charge is -2.25. The number of methoxy groups -OCH3 is 1. The van der Waals surface area contributed by atoms with Crippen LogP contribution in [0.1, 0.15) is 46.0 Å². The monoisotopic (exact) mass is 213 g/mol. The highest BCUT2D eigenvalue weighted by atomic mass is 16.5. The third-order valence-electron chi connectivity index (χ3n) is 4.14. The quantitative estimate of drug-likeness (QED) is 0.736. The van der Waals surface area contributed by atoms with Crippen LogP contribution >= 0.6 is 0 Å². The van der Waals surface area contributed by atoms with Crippen molar-refractivity contribution < 1.29 is 4.74 Å². The predicted molar refractivity (Wildman–Crippen MR) is 64.8 cm³/mol. The first-order valence-corrected chi connectivity index (χ1v) is 6.43. The van der Waals surface area contributed by atoms with Gasteiger partial charge in [-0.25, -0.2) is 0 Å². The minimum Gasteiger partial charge on any atom is -0.385 e. The van der Waals surface area contributed by atoms with E-state index in [0.717, 1.165) is 24.9 Å². The van der Waals surface area contributed by atoms with Gasteiger partial charge in [0.25, 0.3) is 0 Å². The molecule has 2 nitrogen and oxygen atoms in total. The van der Waals surface area contributed by atoms with Crippen LogP contribution in [0.3, 0.4) is 0 Å². The van der Waals surface area contributed by atoms with Gasteiger partial charge in [-0.1, -0.05) is 26.7 Å². The van der Waals surface area contributed by atoms with E-state index in [9.17, 15) is 0 Å². The molecule has 0 aromatic carbocycles. The van der Waals surface area contributed by atoms with E-state index in [1.807, 2.05) is 0 Å². The molecule has 15 heavy (non-hydrogen) atoms. The van der Waals surface area contributed by atoms with Gasteiger partial charge in [-0.05, 0) is 37.0 Å². The van der Waals surface area contributed by atoms with Crippen LogP contribution in [-0.2, 0) is 4.74 Å². The first kappa shape index (κ1) is 13.0. The Balaban J connectivity index is 2.30. The summed E-state index contributed by atoms with van der Waals surface area (Å²) in [4.78, 5) is 0. The molecule has 1 saturated carbocycles. The summed E-state index contributed by atoms with van der Waals surface area (Å²) in [5, 5.41) is 0. The van der Waals surface area contributed by atoms with Gasteiger partial charge in [0.05, 0.1) is 0 Å². The molecule has 0 heterocycles. The molecule has 1 rings (SSSR count). The van der Waals surface area contributed by atoms with Crippen LogP contribution in [0.2, 0.25) is 0 Å². The highest BCUT2D eigenvalue weighted by Gasteiger charge is 2.30. The molecule has 0 saturated heterocycles. The van der Waals surface area contributed by atoms with Gasteiger partial charge in [0, 0.05) is 19.8 Å². The zero-order chi connectivity index (χ0) is 11.3. The lowest BCUT2D eigenvalue weighted by molar-refractivity contribution is 0.166. The number of hydrogen-bond acceptors (Lipinski definition) is 2. The Morgan fingerprint density at radius 2 is 2.13 bits per heavy atom. The summed E-state index contributed by atoms with van der Waals surface area (Å²) in [5.74, 6) is 2.31. The summed E-state index contributed by atoms with van der Waals surface area (Å²) >= 11 is 0. The van der Waals surface area contributed by atoms with Crippen molar-refractivity contribution in [3.8, 4) is 0 Å². The Labute approximate surface area is 94.6 Å². The van der Waals surface area contributed by atoms with Crippen LogP contribution in [0.4, 0.5) is 0 Å².